The van der Waals surface area contributed by atoms with Crippen molar-refractivity contribution in [3.8, 4) is 0 Å². The largest absolute Gasteiger partial charge is 0.480 e. The minimum Gasteiger partial charge on any atom is -0.480 e. The molecule has 2 N–H and O–H groups in total. The number of aromatic nitrogens is 1. The second-order valence-corrected chi connectivity index (χ2v) is 6.39. The smallest absolute Gasteiger partial charge is 0.326 e. The SMILES string of the molecule is Cn1cc(C[C@H](NC(=O)C=Cc2cc(F)ccc2F)C(=O)O)c2ccccc21. The number of carboxylic acid groups (broad SMARTS) is 1. The van der Waals surface area contributed by atoms with Gasteiger partial charge in [0.15, 0.2) is 0 Å². The van der Waals surface area contributed by atoms with Crippen LogP contribution in [0.5, 0.6) is 0 Å². The summed E-state index contributed by atoms with van der Waals surface area (Å²) in [5.74, 6) is -3.22. The molecule has 0 aliphatic rings. The van der Waals surface area contributed by atoms with Gasteiger partial charge in [0.05, 0.1) is 0 Å². The van der Waals surface area contributed by atoms with E-state index >= 15 is 0 Å². The van der Waals surface area contributed by atoms with Crippen molar-refractivity contribution in [2.45, 2.75) is 12.5 Å². The summed E-state index contributed by atoms with van der Waals surface area (Å²) in [5.41, 5.74) is 1.64. The topological polar surface area (TPSA) is 71.3 Å². The maximum Gasteiger partial charge on any atom is 0.326 e. The number of nitrogens with zero attached hydrogens (tertiary/aromatic N) is 1. The maximum absolute atomic E-state index is 13.6. The Kier molecular flexibility index (Phi) is 5.54. The first-order chi connectivity index (χ1) is 13.3. The van der Waals surface area contributed by atoms with E-state index in [0.29, 0.717) is 0 Å². The summed E-state index contributed by atoms with van der Waals surface area (Å²) in [7, 11) is 1.86. The number of para-hydroxylation sites is 1. The number of amides is 1. The van der Waals surface area contributed by atoms with Gasteiger partial charge in [-0.3, -0.25) is 4.79 Å². The van der Waals surface area contributed by atoms with E-state index in [4.69, 9.17) is 0 Å². The molecule has 3 aromatic rings. The quantitative estimate of drug-likeness (QED) is 0.641. The van der Waals surface area contributed by atoms with Crippen LogP contribution in [0.3, 0.4) is 0 Å². The molecule has 0 unspecified atom stereocenters. The molecule has 0 saturated carbocycles. The Bertz CT molecular complexity index is 1070. The van der Waals surface area contributed by atoms with Gasteiger partial charge in [-0.05, 0) is 35.9 Å². The zero-order chi connectivity index (χ0) is 20.3. The van der Waals surface area contributed by atoms with Crippen LogP contribution in [0.25, 0.3) is 17.0 Å². The van der Waals surface area contributed by atoms with Crippen LogP contribution in [0.1, 0.15) is 11.1 Å². The van der Waals surface area contributed by atoms with Crippen LogP contribution in [0.2, 0.25) is 0 Å². The molecule has 1 atom stereocenters. The van der Waals surface area contributed by atoms with Crippen molar-refractivity contribution < 1.29 is 23.5 Å². The first-order valence-corrected chi connectivity index (χ1v) is 8.54. The number of hydrogen-bond donors (Lipinski definition) is 2. The van der Waals surface area contributed by atoms with Gasteiger partial charge in [0.2, 0.25) is 5.91 Å². The van der Waals surface area contributed by atoms with Gasteiger partial charge in [-0.1, -0.05) is 18.2 Å². The van der Waals surface area contributed by atoms with Crippen molar-refractivity contribution in [1.29, 1.82) is 0 Å². The van der Waals surface area contributed by atoms with Crippen LogP contribution in [-0.4, -0.2) is 27.6 Å². The highest BCUT2D eigenvalue weighted by molar-refractivity contribution is 5.94. The Hall–Kier alpha value is -3.48. The van der Waals surface area contributed by atoms with Gasteiger partial charge in [-0.25, -0.2) is 13.6 Å². The van der Waals surface area contributed by atoms with E-state index in [9.17, 15) is 23.5 Å². The molecule has 0 spiro atoms. The van der Waals surface area contributed by atoms with Gasteiger partial charge in [-0.2, -0.15) is 0 Å². The summed E-state index contributed by atoms with van der Waals surface area (Å²) in [6, 6.07) is 9.26. The van der Waals surface area contributed by atoms with Gasteiger partial charge < -0.3 is 15.0 Å². The third-order valence-electron chi connectivity index (χ3n) is 4.39. The Morgan fingerprint density at radius 2 is 1.96 bits per heavy atom. The van der Waals surface area contributed by atoms with Crippen molar-refractivity contribution in [3.63, 3.8) is 0 Å². The molecule has 0 radical (unpaired) electrons. The molecule has 2 aromatic carbocycles. The number of carbonyl (C=O) groups excluding carboxylic acids is 1. The molecule has 0 aliphatic heterocycles. The molecule has 1 heterocycles. The summed E-state index contributed by atoms with van der Waals surface area (Å²) in [4.78, 5) is 23.7. The molecular formula is C21H18F2N2O3. The van der Waals surface area contributed by atoms with Crippen LogP contribution in [0, 0.1) is 11.6 Å². The van der Waals surface area contributed by atoms with E-state index in [1.54, 1.807) is 0 Å². The lowest BCUT2D eigenvalue weighted by molar-refractivity contribution is -0.141. The Labute approximate surface area is 159 Å². The summed E-state index contributed by atoms with van der Waals surface area (Å²) in [5, 5.41) is 12.8. The van der Waals surface area contributed by atoms with Crippen molar-refractivity contribution in [3.05, 3.63) is 77.5 Å². The number of carboxylic acids is 1. The number of aliphatic carboxylic acids is 1. The third kappa shape index (κ3) is 4.25. The van der Waals surface area contributed by atoms with E-state index < -0.39 is 29.6 Å². The number of benzene rings is 2. The number of carbonyl (C=O) groups is 2. The average molecular weight is 384 g/mol. The van der Waals surface area contributed by atoms with E-state index in [2.05, 4.69) is 5.32 Å². The molecule has 0 fully saturated rings. The first-order valence-electron chi connectivity index (χ1n) is 8.54. The van der Waals surface area contributed by atoms with Crippen LogP contribution < -0.4 is 5.32 Å². The molecule has 144 valence electrons. The first kappa shape index (κ1) is 19.3. The van der Waals surface area contributed by atoms with Crippen molar-refractivity contribution in [2.75, 3.05) is 0 Å². The van der Waals surface area contributed by atoms with Crippen molar-refractivity contribution >= 4 is 28.9 Å². The second-order valence-electron chi connectivity index (χ2n) is 6.39. The minimum atomic E-state index is -1.19. The van der Waals surface area contributed by atoms with E-state index in [-0.39, 0.29) is 12.0 Å². The lowest BCUT2D eigenvalue weighted by atomic mass is 10.0. The number of hydrogen-bond acceptors (Lipinski definition) is 2. The Morgan fingerprint density at radius 1 is 1.21 bits per heavy atom. The molecule has 7 heteroatoms. The standard InChI is InChI=1S/C21H18F2N2O3/c1-25-12-14(16-4-2-3-5-19(16)25)11-18(21(27)28)24-20(26)9-6-13-10-15(22)7-8-17(13)23/h2-10,12,18H,11H2,1H3,(H,24,26)(H,27,28)/t18-/m0/s1. The number of halogens is 2. The van der Waals surface area contributed by atoms with E-state index in [0.717, 1.165) is 46.8 Å². The normalized spacial score (nSPS) is 12.4. The number of nitrogens with one attached hydrogen (secondary N) is 1. The monoisotopic (exact) mass is 384 g/mol. The summed E-state index contributed by atoms with van der Waals surface area (Å²) in [6.45, 7) is 0. The molecule has 1 amide bonds. The number of fused-ring (bicyclic) bond motifs is 1. The number of aryl methyl sites for hydroxylation is 1. The molecule has 5 nitrogen and oxygen atoms in total. The molecular weight excluding hydrogens is 366 g/mol. The average Bonchev–Trinajstić information content (AvgIpc) is 2.98. The Morgan fingerprint density at radius 3 is 2.71 bits per heavy atom. The van der Waals surface area contributed by atoms with E-state index in [1.165, 1.54) is 0 Å². The highest BCUT2D eigenvalue weighted by Gasteiger charge is 2.21. The van der Waals surface area contributed by atoms with Crippen LogP contribution in [0.4, 0.5) is 8.78 Å². The highest BCUT2D eigenvalue weighted by Crippen LogP contribution is 2.21. The zero-order valence-corrected chi connectivity index (χ0v) is 15.0. The van der Waals surface area contributed by atoms with Crippen molar-refractivity contribution in [1.82, 2.24) is 9.88 Å². The molecule has 28 heavy (non-hydrogen) atoms. The van der Waals surface area contributed by atoms with Gasteiger partial charge in [-0.15, -0.1) is 0 Å². The summed E-state index contributed by atoms with van der Waals surface area (Å²) < 4.78 is 28.7. The van der Waals surface area contributed by atoms with Gasteiger partial charge >= 0.3 is 5.97 Å². The van der Waals surface area contributed by atoms with Crippen LogP contribution in [-0.2, 0) is 23.1 Å². The third-order valence-corrected chi connectivity index (χ3v) is 4.39. The van der Waals surface area contributed by atoms with Crippen LogP contribution in [0.15, 0.2) is 54.7 Å². The lowest BCUT2D eigenvalue weighted by Crippen LogP contribution is -2.41. The molecule has 3 rings (SSSR count). The summed E-state index contributed by atoms with van der Waals surface area (Å²) in [6.07, 6.45) is 4.00. The predicted octanol–water partition coefficient (Wildman–Crippen LogP) is 3.28. The van der Waals surface area contributed by atoms with Crippen LogP contribution >= 0.6 is 0 Å². The fraction of sp³-hybridized carbons (Fsp3) is 0.143. The fourth-order valence-corrected chi connectivity index (χ4v) is 3.04. The van der Waals surface area contributed by atoms with Gasteiger partial charge in [0, 0.05) is 42.2 Å². The molecule has 1 aromatic heterocycles. The zero-order valence-electron chi connectivity index (χ0n) is 15.0. The maximum atomic E-state index is 13.6. The highest BCUT2D eigenvalue weighted by atomic mass is 19.1. The van der Waals surface area contributed by atoms with Gasteiger partial charge in [0.25, 0.3) is 0 Å². The molecule has 0 aliphatic carbocycles. The summed E-state index contributed by atoms with van der Waals surface area (Å²) >= 11 is 0. The molecule has 0 saturated heterocycles. The lowest BCUT2D eigenvalue weighted by Gasteiger charge is -2.13. The van der Waals surface area contributed by atoms with Gasteiger partial charge in [0.1, 0.15) is 17.7 Å². The predicted molar refractivity (Wildman–Crippen MR) is 102 cm³/mol. The van der Waals surface area contributed by atoms with Crippen molar-refractivity contribution in [2.24, 2.45) is 7.05 Å². The second kappa shape index (κ2) is 8.04. The minimum absolute atomic E-state index is 0.0879. The fourth-order valence-electron chi connectivity index (χ4n) is 3.04. The molecule has 0 bridgehead atoms. The van der Waals surface area contributed by atoms with E-state index in [1.807, 2.05) is 42.1 Å². The number of rotatable bonds is 6. The Balaban J connectivity index is 1.75.